The van der Waals surface area contributed by atoms with Gasteiger partial charge >= 0.3 is 5.97 Å². The Morgan fingerprint density at radius 3 is 2.41 bits per heavy atom. The maximum atomic E-state index is 11.9. The van der Waals surface area contributed by atoms with Crippen LogP contribution in [0.1, 0.15) is 26.3 Å². The fourth-order valence-electron chi connectivity index (χ4n) is 2.17. The third-order valence-corrected chi connectivity index (χ3v) is 3.71. The van der Waals surface area contributed by atoms with Crippen molar-refractivity contribution in [2.24, 2.45) is 5.41 Å². The molecule has 0 atom stereocenters. The average molecular weight is 366 g/mol. The molecule has 27 heavy (non-hydrogen) atoms. The molecule has 0 fully saturated rings. The summed E-state index contributed by atoms with van der Waals surface area (Å²) in [6.07, 6.45) is 0. The summed E-state index contributed by atoms with van der Waals surface area (Å²) in [7, 11) is 0. The number of aromatic nitrogens is 4. The molecule has 0 saturated heterocycles. The van der Waals surface area contributed by atoms with Crippen molar-refractivity contribution < 1.29 is 14.3 Å². The number of carbonyl (C=O) groups is 1. The molecule has 0 amide bonds. The number of hydrogen-bond acceptors (Lipinski definition) is 6. The van der Waals surface area contributed by atoms with E-state index < -0.39 is 5.41 Å². The SMILES string of the molecule is CC(C)(C)C(=O)Oc1ccc(-c2nnn(COCc3ccccc3)n2)cc1. The molecule has 7 nitrogen and oxygen atoms in total. The fourth-order valence-corrected chi connectivity index (χ4v) is 2.17. The molecule has 0 saturated carbocycles. The molecule has 2 aromatic carbocycles. The molecule has 1 heterocycles. The molecule has 3 aromatic rings. The van der Waals surface area contributed by atoms with Crippen LogP contribution >= 0.6 is 0 Å². The molecule has 7 heteroatoms. The van der Waals surface area contributed by atoms with Crippen LogP contribution in [-0.2, 0) is 22.9 Å². The summed E-state index contributed by atoms with van der Waals surface area (Å²) in [4.78, 5) is 13.3. The average Bonchev–Trinajstić information content (AvgIpc) is 3.11. The zero-order valence-corrected chi connectivity index (χ0v) is 15.6. The Labute approximate surface area is 157 Å². The Balaban J connectivity index is 1.57. The zero-order chi connectivity index (χ0) is 19.3. The van der Waals surface area contributed by atoms with Crippen LogP contribution < -0.4 is 4.74 Å². The lowest BCUT2D eigenvalue weighted by atomic mass is 9.97. The van der Waals surface area contributed by atoms with Crippen molar-refractivity contribution >= 4 is 5.97 Å². The first-order valence-corrected chi connectivity index (χ1v) is 8.64. The summed E-state index contributed by atoms with van der Waals surface area (Å²) in [6, 6.07) is 16.9. The fraction of sp³-hybridized carbons (Fsp3) is 0.300. The van der Waals surface area contributed by atoms with E-state index in [1.807, 2.05) is 51.1 Å². The highest BCUT2D eigenvalue weighted by Gasteiger charge is 2.23. The maximum Gasteiger partial charge on any atom is 0.316 e. The third-order valence-electron chi connectivity index (χ3n) is 3.71. The number of benzene rings is 2. The highest BCUT2D eigenvalue weighted by molar-refractivity contribution is 5.78. The Morgan fingerprint density at radius 1 is 1.04 bits per heavy atom. The highest BCUT2D eigenvalue weighted by Crippen LogP contribution is 2.22. The molecule has 3 rings (SSSR count). The predicted molar refractivity (Wildman–Crippen MR) is 99.6 cm³/mol. The van der Waals surface area contributed by atoms with Crippen LogP contribution in [0.2, 0.25) is 0 Å². The maximum absolute atomic E-state index is 11.9. The zero-order valence-electron chi connectivity index (χ0n) is 15.6. The molecule has 0 spiro atoms. The van der Waals surface area contributed by atoms with Crippen molar-refractivity contribution in [3.63, 3.8) is 0 Å². The number of esters is 1. The van der Waals surface area contributed by atoms with Gasteiger partial charge in [0.2, 0.25) is 5.82 Å². The Bertz CT molecular complexity index is 884. The summed E-state index contributed by atoms with van der Waals surface area (Å²) in [5, 5.41) is 12.3. The van der Waals surface area contributed by atoms with Gasteiger partial charge in [-0.05, 0) is 55.8 Å². The molecule has 1 aromatic heterocycles. The Hall–Kier alpha value is -3.06. The molecular weight excluding hydrogens is 344 g/mol. The van der Waals surface area contributed by atoms with E-state index in [9.17, 15) is 4.79 Å². The second-order valence-electron chi connectivity index (χ2n) is 7.11. The molecule has 0 unspecified atom stereocenters. The van der Waals surface area contributed by atoms with Gasteiger partial charge in [-0.1, -0.05) is 30.3 Å². The van der Waals surface area contributed by atoms with Crippen molar-refractivity contribution in [3.05, 3.63) is 60.2 Å². The van der Waals surface area contributed by atoms with E-state index in [1.165, 1.54) is 4.80 Å². The summed E-state index contributed by atoms with van der Waals surface area (Å²) in [5.74, 6) is 0.680. The van der Waals surface area contributed by atoms with Gasteiger partial charge in [0.25, 0.3) is 0 Å². The normalized spacial score (nSPS) is 11.4. The Morgan fingerprint density at radius 2 is 1.74 bits per heavy atom. The van der Waals surface area contributed by atoms with Gasteiger partial charge in [0.15, 0.2) is 6.73 Å². The second-order valence-corrected chi connectivity index (χ2v) is 7.11. The van der Waals surface area contributed by atoms with E-state index in [1.54, 1.807) is 24.3 Å². The van der Waals surface area contributed by atoms with Gasteiger partial charge in [0, 0.05) is 5.56 Å². The highest BCUT2D eigenvalue weighted by atomic mass is 16.5. The van der Waals surface area contributed by atoms with Gasteiger partial charge in [-0.3, -0.25) is 4.79 Å². The lowest BCUT2D eigenvalue weighted by Crippen LogP contribution is -2.25. The summed E-state index contributed by atoms with van der Waals surface area (Å²) >= 11 is 0. The second kappa shape index (κ2) is 8.09. The van der Waals surface area contributed by atoms with Gasteiger partial charge in [-0.25, -0.2) is 0 Å². The summed E-state index contributed by atoms with van der Waals surface area (Å²) < 4.78 is 10.9. The summed E-state index contributed by atoms with van der Waals surface area (Å²) in [5.41, 5.74) is 1.31. The van der Waals surface area contributed by atoms with Crippen LogP contribution in [0.3, 0.4) is 0 Å². The van der Waals surface area contributed by atoms with Crippen LogP contribution in [0.25, 0.3) is 11.4 Å². The van der Waals surface area contributed by atoms with E-state index in [-0.39, 0.29) is 12.7 Å². The van der Waals surface area contributed by atoms with E-state index in [0.29, 0.717) is 18.2 Å². The molecule has 0 aliphatic carbocycles. The molecule has 0 aliphatic rings. The van der Waals surface area contributed by atoms with Crippen molar-refractivity contribution in [3.8, 4) is 17.1 Å². The lowest BCUT2D eigenvalue weighted by molar-refractivity contribution is -0.142. The number of rotatable bonds is 6. The van der Waals surface area contributed by atoms with E-state index >= 15 is 0 Å². The number of hydrogen-bond donors (Lipinski definition) is 0. The van der Waals surface area contributed by atoms with E-state index in [4.69, 9.17) is 9.47 Å². The van der Waals surface area contributed by atoms with Gasteiger partial charge in [0.05, 0.1) is 12.0 Å². The monoisotopic (exact) mass is 366 g/mol. The van der Waals surface area contributed by atoms with E-state index in [2.05, 4.69) is 15.4 Å². The van der Waals surface area contributed by atoms with Crippen molar-refractivity contribution in [2.75, 3.05) is 0 Å². The van der Waals surface area contributed by atoms with E-state index in [0.717, 1.165) is 11.1 Å². The van der Waals surface area contributed by atoms with Gasteiger partial charge < -0.3 is 9.47 Å². The molecular formula is C20H22N4O3. The molecule has 140 valence electrons. The molecule has 0 aliphatic heterocycles. The van der Waals surface area contributed by atoms with Crippen molar-refractivity contribution in [2.45, 2.75) is 34.1 Å². The molecule has 0 bridgehead atoms. The third kappa shape index (κ3) is 5.21. The van der Waals surface area contributed by atoms with Gasteiger partial charge in [0.1, 0.15) is 5.75 Å². The number of tetrazole rings is 1. The van der Waals surface area contributed by atoms with Crippen LogP contribution in [0.15, 0.2) is 54.6 Å². The first-order chi connectivity index (χ1) is 12.9. The predicted octanol–water partition coefficient (Wildman–Crippen LogP) is 3.47. The standard InChI is InChI=1S/C20H22N4O3/c1-20(2,3)19(25)27-17-11-9-16(10-12-17)18-21-23-24(22-18)14-26-13-15-7-5-4-6-8-15/h4-12H,13-14H2,1-3H3. The van der Waals surface area contributed by atoms with Crippen LogP contribution in [0.4, 0.5) is 0 Å². The number of carbonyl (C=O) groups excluding carboxylic acids is 1. The van der Waals surface area contributed by atoms with Crippen molar-refractivity contribution in [1.29, 1.82) is 0 Å². The van der Waals surface area contributed by atoms with Gasteiger partial charge in [-0.2, -0.15) is 0 Å². The number of nitrogens with zero attached hydrogens (tertiary/aromatic N) is 4. The minimum absolute atomic E-state index is 0.211. The lowest BCUT2D eigenvalue weighted by Gasteiger charge is -2.16. The van der Waals surface area contributed by atoms with Crippen LogP contribution in [-0.4, -0.2) is 26.2 Å². The van der Waals surface area contributed by atoms with Gasteiger partial charge in [-0.15, -0.1) is 15.0 Å². The minimum atomic E-state index is -0.553. The molecule has 0 radical (unpaired) electrons. The topological polar surface area (TPSA) is 79.1 Å². The van der Waals surface area contributed by atoms with Crippen molar-refractivity contribution in [1.82, 2.24) is 20.2 Å². The minimum Gasteiger partial charge on any atom is -0.426 e. The van der Waals surface area contributed by atoms with Crippen LogP contribution in [0, 0.1) is 5.41 Å². The first kappa shape index (κ1) is 18.7. The summed E-state index contributed by atoms with van der Waals surface area (Å²) in [6.45, 7) is 6.12. The largest absolute Gasteiger partial charge is 0.426 e. The first-order valence-electron chi connectivity index (χ1n) is 8.64. The molecule has 0 N–H and O–H groups in total. The van der Waals surface area contributed by atoms with Crippen LogP contribution in [0.5, 0.6) is 5.75 Å². The Kier molecular flexibility index (Phi) is 5.61. The smallest absolute Gasteiger partial charge is 0.316 e. The quantitative estimate of drug-likeness (QED) is 0.491. The number of ether oxygens (including phenoxy) is 2.